The molecule has 0 aliphatic carbocycles. The van der Waals surface area contributed by atoms with Gasteiger partial charge in [0, 0.05) is 12.6 Å². The molecule has 1 aromatic carbocycles. The van der Waals surface area contributed by atoms with Crippen LogP contribution in [0.1, 0.15) is 16.2 Å². The Balaban J connectivity index is 2.10. The van der Waals surface area contributed by atoms with Gasteiger partial charge in [-0.2, -0.15) is 0 Å². The molecule has 100 valence electrons. The first-order chi connectivity index (χ1) is 8.99. The van der Waals surface area contributed by atoms with E-state index in [-0.39, 0.29) is 12.1 Å². The Morgan fingerprint density at radius 3 is 2.47 bits per heavy atom. The second kappa shape index (κ2) is 5.09. The van der Waals surface area contributed by atoms with Crippen molar-refractivity contribution >= 4 is 5.91 Å². The van der Waals surface area contributed by atoms with E-state index in [9.17, 15) is 18.0 Å². The molecule has 0 saturated carbocycles. The van der Waals surface area contributed by atoms with Crippen molar-refractivity contribution in [2.24, 2.45) is 7.05 Å². The number of halogens is 3. The Morgan fingerprint density at radius 2 is 1.95 bits per heavy atom. The van der Waals surface area contributed by atoms with Gasteiger partial charge in [-0.15, -0.1) is 10.2 Å². The molecule has 0 aliphatic heterocycles. The van der Waals surface area contributed by atoms with Crippen LogP contribution in [-0.4, -0.2) is 20.7 Å². The summed E-state index contributed by atoms with van der Waals surface area (Å²) in [6, 6.07) is 1.26. The van der Waals surface area contributed by atoms with Crippen molar-refractivity contribution in [1.29, 1.82) is 0 Å². The van der Waals surface area contributed by atoms with Crippen LogP contribution >= 0.6 is 0 Å². The molecule has 5 nitrogen and oxygen atoms in total. The minimum absolute atomic E-state index is 0.0376. The van der Waals surface area contributed by atoms with E-state index in [1.165, 1.54) is 6.33 Å². The lowest BCUT2D eigenvalue weighted by Gasteiger charge is -2.05. The summed E-state index contributed by atoms with van der Waals surface area (Å²) in [5, 5.41) is 9.72. The summed E-state index contributed by atoms with van der Waals surface area (Å²) in [6.45, 7) is 0.0376. The number of carbonyl (C=O) groups is 1. The molecule has 0 atom stereocenters. The molecule has 2 rings (SSSR count). The highest BCUT2D eigenvalue weighted by Gasteiger charge is 2.15. The Bertz CT molecular complexity index is 603. The highest BCUT2D eigenvalue weighted by atomic mass is 19.2. The number of hydrogen-bond donors (Lipinski definition) is 1. The molecule has 2 aromatic rings. The zero-order valence-corrected chi connectivity index (χ0v) is 9.82. The zero-order valence-electron chi connectivity index (χ0n) is 9.82. The molecule has 0 unspecified atom stereocenters. The Labute approximate surface area is 106 Å². The molecule has 0 fully saturated rings. The van der Waals surface area contributed by atoms with Gasteiger partial charge in [0.1, 0.15) is 6.33 Å². The van der Waals surface area contributed by atoms with Crippen LogP contribution in [-0.2, 0) is 13.6 Å². The molecule has 8 heteroatoms. The standard InChI is InChI=1S/C11H9F3N4O/c1-18-5-16-17-9(18)4-15-11(19)6-2-7(12)10(14)8(13)3-6/h2-3,5H,4H2,1H3,(H,15,19). The van der Waals surface area contributed by atoms with Crippen LogP contribution in [0.25, 0.3) is 0 Å². The van der Waals surface area contributed by atoms with Gasteiger partial charge in [-0.1, -0.05) is 0 Å². The molecule has 0 bridgehead atoms. The molecule has 0 spiro atoms. The fourth-order valence-electron chi connectivity index (χ4n) is 1.42. The van der Waals surface area contributed by atoms with Crippen LogP contribution < -0.4 is 5.32 Å². The summed E-state index contributed by atoms with van der Waals surface area (Å²) in [7, 11) is 1.68. The molecular formula is C11H9F3N4O. The van der Waals surface area contributed by atoms with Gasteiger partial charge in [0.15, 0.2) is 23.3 Å². The van der Waals surface area contributed by atoms with E-state index >= 15 is 0 Å². The number of rotatable bonds is 3. The molecule has 1 heterocycles. The van der Waals surface area contributed by atoms with Gasteiger partial charge in [0.25, 0.3) is 5.91 Å². The van der Waals surface area contributed by atoms with Crippen molar-refractivity contribution in [1.82, 2.24) is 20.1 Å². The molecule has 0 aliphatic rings. The third kappa shape index (κ3) is 2.72. The smallest absolute Gasteiger partial charge is 0.251 e. The van der Waals surface area contributed by atoms with E-state index in [2.05, 4.69) is 15.5 Å². The van der Waals surface area contributed by atoms with Crippen LogP contribution in [0.15, 0.2) is 18.5 Å². The van der Waals surface area contributed by atoms with Crippen molar-refractivity contribution in [3.05, 3.63) is 47.3 Å². The first kappa shape index (κ1) is 13.1. The van der Waals surface area contributed by atoms with E-state index < -0.39 is 23.4 Å². The van der Waals surface area contributed by atoms with Gasteiger partial charge in [0.05, 0.1) is 6.54 Å². The van der Waals surface area contributed by atoms with Crippen LogP contribution in [0.5, 0.6) is 0 Å². The summed E-state index contributed by atoms with van der Waals surface area (Å²) < 4.78 is 40.2. The van der Waals surface area contributed by atoms with Gasteiger partial charge in [-0.25, -0.2) is 13.2 Å². The summed E-state index contributed by atoms with van der Waals surface area (Å²) in [6.07, 6.45) is 1.44. The summed E-state index contributed by atoms with van der Waals surface area (Å²) in [5.74, 6) is -4.70. The first-order valence-electron chi connectivity index (χ1n) is 5.24. The van der Waals surface area contributed by atoms with Gasteiger partial charge in [-0.3, -0.25) is 4.79 Å². The number of hydrogen-bond acceptors (Lipinski definition) is 3. The Kier molecular flexibility index (Phi) is 3.50. The highest BCUT2D eigenvalue weighted by molar-refractivity contribution is 5.94. The van der Waals surface area contributed by atoms with Crippen molar-refractivity contribution < 1.29 is 18.0 Å². The second-order valence-corrected chi connectivity index (χ2v) is 3.79. The van der Waals surface area contributed by atoms with E-state index in [1.54, 1.807) is 11.6 Å². The summed E-state index contributed by atoms with van der Waals surface area (Å²) >= 11 is 0. The fraction of sp³-hybridized carbons (Fsp3) is 0.182. The van der Waals surface area contributed by atoms with Gasteiger partial charge < -0.3 is 9.88 Å². The van der Waals surface area contributed by atoms with Gasteiger partial charge in [-0.05, 0) is 12.1 Å². The van der Waals surface area contributed by atoms with Crippen molar-refractivity contribution in [2.45, 2.75) is 6.54 Å². The van der Waals surface area contributed by atoms with Crippen molar-refractivity contribution in [3.8, 4) is 0 Å². The number of nitrogens with zero attached hydrogens (tertiary/aromatic N) is 3. The highest BCUT2D eigenvalue weighted by Crippen LogP contribution is 2.13. The lowest BCUT2D eigenvalue weighted by molar-refractivity contribution is 0.0948. The minimum atomic E-state index is -1.61. The average molecular weight is 270 g/mol. The monoisotopic (exact) mass is 270 g/mol. The number of aryl methyl sites for hydroxylation is 1. The largest absolute Gasteiger partial charge is 0.345 e. The number of aromatic nitrogens is 3. The third-order valence-corrected chi connectivity index (χ3v) is 2.46. The molecule has 1 N–H and O–H groups in total. The quantitative estimate of drug-likeness (QED) is 0.851. The first-order valence-corrected chi connectivity index (χ1v) is 5.24. The number of carbonyl (C=O) groups excluding carboxylic acids is 1. The predicted molar refractivity (Wildman–Crippen MR) is 58.5 cm³/mol. The van der Waals surface area contributed by atoms with E-state index in [1.807, 2.05) is 0 Å². The van der Waals surface area contributed by atoms with Crippen molar-refractivity contribution in [3.63, 3.8) is 0 Å². The third-order valence-electron chi connectivity index (χ3n) is 2.46. The lowest BCUT2D eigenvalue weighted by Crippen LogP contribution is -2.24. The average Bonchev–Trinajstić information content (AvgIpc) is 2.78. The normalized spacial score (nSPS) is 10.5. The maximum Gasteiger partial charge on any atom is 0.251 e. The summed E-state index contributed by atoms with van der Waals surface area (Å²) in [4.78, 5) is 11.6. The zero-order chi connectivity index (χ0) is 14.0. The lowest BCUT2D eigenvalue weighted by atomic mass is 10.2. The molecular weight excluding hydrogens is 261 g/mol. The molecule has 0 saturated heterocycles. The maximum atomic E-state index is 13.0. The molecule has 1 aromatic heterocycles. The Hall–Kier alpha value is -2.38. The van der Waals surface area contributed by atoms with Gasteiger partial charge in [0.2, 0.25) is 0 Å². The minimum Gasteiger partial charge on any atom is -0.345 e. The van der Waals surface area contributed by atoms with Crippen molar-refractivity contribution in [2.75, 3.05) is 0 Å². The van der Waals surface area contributed by atoms with E-state index in [4.69, 9.17) is 0 Å². The topological polar surface area (TPSA) is 59.8 Å². The predicted octanol–water partition coefficient (Wildman–Crippen LogP) is 1.16. The van der Waals surface area contributed by atoms with Crippen LogP contribution in [0, 0.1) is 17.5 Å². The number of amides is 1. The van der Waals surface area contributed by atoms with Crippen LogP contribution in [0.3, 0.4) is 0 Å². The summed E-state index contributed by atoms with van der Waals surface area (Å²) in [5.41, 5.74) is -0.307. The SMILES string of the molecule is Cn1cnnc1CNC(=O)c1cc(F)c(F)c(F)c1. The maximum absolute atomic E-state index is 13.0. The van der Waals surface area contributed by atoms with Crippen LogP contribution in [0.2, 0.25) is 0 Å². The van der Waals surface area contributed by atoms with E-state index in [0.717, 1.165) is 0 Å². The molecule has 1 amide bonds. The second-order valence-electron chi connectivity index (χ2n) is 3.79. The fourth-order valence-corrected chi connectivity index (χ4v) is 1.42. The number of benzene rings is 1. The Morgan fingerprint density at radius 1 is 1.32 bits per heavy atom. The number of nitrogens with one attached hydrogen (secondary N) is 1. The molecule has 0 radical (unpaired) electrons. The molecule has 19 heavy (non-hydrogen) atoms. The van der Waals surface area contributed by atoms with Crippen LogP contribution in [0.4, 0.5) is 13.2 Å². The van der Waals surface area contributed by atoms with E-state index in [0.29, 0.717) is 18.0 Å². The van der Waals surface area contributed by atoms with Gasteiger partial charge >= 0.3 is 0 Å².